The highest BCUT2D eigenvalue weighted by Gasteiger charge is 2.12. The van der Waals surface area contributed by atoms with Crippen LogP contribution in [-0.4, -0.2) is 25.7 Å². The maximum Gasteiger partial charge on any atom is 0.263 e. The second-order valence-electron chi connectivity index (χ2n) is 2.20. The summed E-state index contributed by atoms with van der Waals surface area (Å²) in [4.78, 5) is 24.4. The Hall–Kier alpha value is -1.91. The molecular weight excluding hydrogens is 168 g/mol. The Kier molecular flexibility index (Phi) is 2.59. The van der Waals surface area contributed by atoms with E-state index < -0.39 is 0 Å². The van der Waals surface area contributed by atoms with E-state index in [9.17, 15) is 4.79 Å². The largest absolute Gasteiger partial charge is 0.342 e. The van der Waals surface area contributed by atoms with Crippen molar-refractivity contribution in [3.8, 4) is 0 Å². The molecule has 0 radical (unpaired) electrons. The van der Waals surface area contributed by atoms with Gasteiger partial charge in [0.05, 0.1) is 0 Å². The highest BCUT2D eigenvalue weighted by Crippen LogP contribution is 1.98. The van der Waals surface area contributed by atoms with Crippen molar-refractivity contribution in [3.05, 3.63) is 36.4 Å². The predicted molar refractivity (Wildman–Crippen MR) is 47.3 cm³/mol. The van der Waals surface area contributed by atoms with Gasteiger partial charge in [0, 0.05) is 24.8 Å². The summed E-state index contributed by atoms with van der Waals surface area (Å²) in [5.41, 5.74) is 0. The Balaban J connectivity index is 0.000000845. The van der Waals surface area contributed by atoms with E-state index in [1.54, 1.807) is 12.4 Å². The van der Waals surface area contributed by atoms with Crippen LogP contribution in [0.5, 0.6) is 0 Å². The van der Waals surface area contributed by atoms with E-state index >= 15 is 0 Å². The summed E-state index contributed by atoms with van der Waals surface area (Å²) in [5.74, 6) is 0.361. The third-order valence-electron chi connectivity index (χ3n) is 1.43. The van der Waals surface area contributed by atoms with Gasteiger partial charge in [-0.3, -0.25) is 4.79 Å². The average molecular weight is 178 g/mol. The second kappa shape index (κ2) is 3.66. The molecule has 2 aromatic heterocycles. The lowest BCUT2D eigenvalue weighted by molar-refractivity contribution is 0.102. The van der Waals surface area contributed by atoms with Gasteiger partial charge in [0.2, 0.25) is 0 Å². The van der Waals surface area contributed by atoms with Crippen LogP contribution >= 0.6 is 0 Å². The molecule has 2 heterocycles. The van der Waals surface area contributed by atoms with Crippen molar-refractivity contribution in [1.29, 1.82) is 0 Å². The van der Waals surface area contributed by atoms with Crippen LogP contribution in [0, 0.1) is 0 Å². The quantitative estimate of drug-likeness (QED) is 0.673. The van der Waals surface area contributed by atoms with E-state index in [1.165, 1.54) is 12.4 Å². The van der Waals surface area contributed by atoms with Gasteiger partial charge >= 0.3 is 0 Å². The minimum absolute atomic E-state index is 0. The summed E-state index contributed by atoms with van der Waals surface area (Å²) < 4.78 is 0. The molecule has 0 fully saturated rings. The molecule has 0 saturated heterocycles. The first-order chi connectivity index (χ1) is 5.88. The molecule has 2 rings (SSSR count). The van der Waals surface area contributed by atoms with Crippen LogP contribution < -0.4 is 0 Å². The number of ketones is 1. The topological polar surface area (TPSA) is 74.4 Å². The van der Waals surface area contributed by atoms with Crippen LogP contribution in [0.25, 0.3) is 0 Å². The van der Waals surface area contributed by atoms with Crippen LogP contribution in [0.1, 0.15) is 23.9 Å². The average Bonchev–Trinajstić information content (AvgIpc) is 2.77. The van der Waals surface area contributed by atoms with Gasteiger partial charge in [-0.05, 0) is 0 Å². The molecule has 0 aromatic carbocycles. The second-order valence-corrected chi connectivity index (χ2v) is 2.20. The molecule has 68 valence electrons. The molecule has 0 atom stereocenters. The minimum atomic E-state index is -0.231. The monoisotopic (exact) mass is 178 g/mol. The Morgan fingerprint density at radius 1 is 1.08 bits per heavy atom. The van der Waals surface area contributed by atoms with Crippen LogP contribution in [0.3, 0.4) is 0 Å². The number of hydrogen-bond acceptors (Lipinski definition) is 3. The minimum Gasteiger partial charge on any atom is -0.342 e. The molecule has 5 heteroatoms. The van der Waals surface area contributed by atoms with Crippen molar-refractivity contribution >= 4 is 5.78 Å². The van der Waals surface area contributed by atoms with Gasteiger partial charge in [0.15, 0.2) is 11.6 Å². The maximum absolute atomic E-state index is 11.4. The number of aromatic amines is 2. The number of aromatic nitrogens is 4. The van der Waals surface area contributed by atoms with Crippen molar-refractivity contribution < 1.29 is 4.79 Å². The first-order valence-electron chi connectivity index (χ1n) is 3.41. The molecule has 2 N–H and O–H groups in total. The van der Waals surface area contributed by atoms with Crippen LogP contribution in [0.4, 0.5) is 0 Å². The molecule has 0 unspecified atom stereocenters. The summed E-state index contributed by atoms with van der Waals surface area (Å²) in [6.45, 7) is 0. The molecule has 0 aliphatic heterocycles. The van der Waals surface area contributed by atoms with Crippen LogP contribution in [-0.2, 0) is 0 Å². The standard InChI is InChI=1S/C7H6N4O.CH4/c12-5(6-8-1-2-9-6)7-10-3-4-11-7;/h1-4H,(H,8,9)(H,10,11);1H4. The SMILES string of the molecule is C.O=C(c1ncc[nH]1)c1ncc[nH]1. The first kappa shape index (κ1) is 9.18. The lowest BCUT2D eigenvalue weighted by Gasteiger charge is -1.89. The maximum atomic E-state index is 11.4. The van der Waals surface area contributed by atoms with Crippen molar-refractivity contribution in [2.24, 2.45) is 0 Å². The number of hydrogen-bond donors (Lipinski definition) is 2. The number of nitrogens with zero attached hydrogens (tertiary/aromatic N) is 2. The van der Waals surface area contributed by atoms with Crippen molar-refractivity contribution in [1.82, 2.24) is 19.9 Å². The van der Waals surface area contributed by atoms with E-state index in [0.717, 1.165) is 0 Å². The van der Waals surface area contributed by atoms with Gasteiger partial charge in [-0.25, -0.2) is 9.97 Å². The predicted octanol–water partition coefficient (Wildman–Crippen LogP) is 1.000. The Morgan fingerprint density at radius 3 is 1.85 bits per heavy atom. The summed E-state index contributed by atoms with van der Waals surface area (Å²) in [6.07, 6.45) is 6.23. The number of nitrogens with one attached hydrogen (secondary N) is 2. The third kappa shape index (κ3) is 1.64. The van der Waals surface area contributed by atoms with E-state index in [-0.39, 0.29) is 13.2 Å². The van der Waals surface area contributed by atoms with Crippen LogP contribution in [0.2, 0.25) is 0 Å². The van der Waals surface area contributed by atoms with E-state index in [1.807, 2.05) is 0 Å². The lowest BCUT2D eigenvalue weighted by Crippen LogP contribution is -2.05. The number of rotatable bonds is 2. The van der Waals surface area contributed by atoms with Crippen molar-refractivity contribution in [3.63, 3.8) is 0 Å². The summed E-state index contributed by atoms with van der Waals surface area (Å²) in [6, 6.07) is 0. The Bertz CT molecular complexity index is 327. The zero-order chi connectivity index (χ0) is 8.39. The number of H-pyrrole nitrogens is 2. The van der Waals surface area contributed by atoms with Gasteiger partial charge < -0.3 is 9.97 Å². The molecule has 0 aliphatic carbocycles. The molecule has 5 nitrogen and oxygen atoms in total. The van der Waals surface area contributed by atoms with Gasteiger partial charge in [-0.2, -0.15) is 0 Å². The van der Waals surface area contributed by atoms with Crippen molar-refractivity contribution in [2.45, 2.75) is 7.43 Å². The molecule has 0 spiro atoms. The molecule has 0 bridgehead atoms. The smallest absolute Gasteiger partial charge is 0.263 e. The van der Waals surface area contributed by atoms with E-state index in [0.29, 0.717) is 11.6 Å². The lowest BCUT2D eigenvalue weighted by atomic mass is 10.3. The fourth-order valence-electron chi connectivity index (χ4n) is 0.891. The third-order valence-corrected chi connectivity index (χ3v) is 1.43. The highest BCUT2D eigenvalue weighted by molar-refractivity contribution is 6.03. The fraction of sp³-hybridized carbons (Fsp3) is 0.125. The zero-order valence-corrected chi connectivity index (χ0v) is 6.11. The molecular formula is C8H10N4O. The fourth-order valence-corrected chi connectivity index (χ4v) is 0.891. The molecule has 0 amide bonds. The van der Waals surface area contributed by atoms with E-state index in [2.05, 4.69) is 19.9 Å². The molecule has 13 heavy (non-hydrogen) atoms. The Morgan fingerprint density at radius 2 is 1.54 bits per heavy atom. The number of carbonyl (C=O) groups excluding carboxylic acids is 1. The summed E-state index contributed by atoms with van der Waals surface area (Å²) in [5, 5.41) is 0. The normalized spacial score (nSPS) is 9.23. The molecule has 0 aliphatic rings. The van der Waals surface area contributed by atoms with Crippen LogP contribution in [0.15, 0.2) is 24.8 Å². The molecule has 2 aromatic rings. The molecule has 0 saturated carbocycles. The van der Waals surface area contributed by atoms with Crippen molar-refractivity contribution in [2.75, 3.05) is 0 Å². The van der Waals surface area contributed by atoms with Gasteiger partial charge in [0.1, 0.15) is 0 Å². The number of carbonyl (C=O) groups is 1. The van der Waals surface area contributed by atoms with E-state index in [4.69, 9.17) is 0 Å². The van der Waals surface area contributed by atoms with Gasteiger partial charge in [-0.15, -0.1) is 0 Å². The summed E-state index contributed by atoms with van der Waals surface area (Å²) >= 11 is 0. The zero-order valence-electron chi connectivity index (χ0n) is 6.11. The van der Waals surface area contributed by atoms with Gasteiger partial charge in [0.25, 0.3) is 5.78 Å². The Labute approximate surface area is 75.2 Å². The highest BCUT2D eigenvalue weighted by atomic mass is 16.1. The van der Waals surface area contributed by atoms with Gasteiger partial charge in [-0.1, -0.05) is 7.43 Å². The first-order valence-corrected chi connectivity index (χ1v) is 3.41. The summed E-state index contributed by atoms with van der Waals surface area (Å²) in [7, 11) is 0. The number of imidazole rings is 2.